The van der Waals surface area contributed by atoms with Crippen LogP contribution >= 0.6 is 0 Å². The van der Waals surface area contributed by atoms with Crippen molar-refractivity contribution in [3.8, 4) is 0 Å². The molecule has 1 aromatic rings. The van der Waals surface area contributed by atoms with E-state index in [-0.39, 0.29) is 6.61 Å². The van der Waals surface area contributed by atoms with Crippen LogP contribution in [-0.4, -0.2) is 80.1 Å². The highest BCUT2D eigenvalue weighted by atomic mass is 16.3. The Morgan fingerprint density at radius 1 is 1.22 bits per heavy atom. The Balaban J connectivity index is 1.91. The predicted octanol–water partition coefficient (Wildman–Crippen LogP) is -0.172. The molecular weight excluding hydrogens is 296 g/mol. The van der Waals surface area contributed by atoms with Gasteiger partial charge in [-0.25, -0.2) is 0 Å². The average molecular weight is 320 g/mol. The molecule has 0 atom stereocenters. The van der Waals surface area contributed by atoms with Crippen LogP contribution in [-0.2, 0) is 9.59 Å². The number of rotatable bonds is 4. The van der Waals surface area contributed by atoms with Gasteiger partial charge in [0.15, 0.2) is 0 Å². The number of nitrogens with one attached hydrogen (secondary N) is 1. The minimum Gasteiger partial charge on any atom is -0.395 e. The molecule has 1 aliphatic rings. The molecule has 23 heavy (non-hydrogen) atoms. The van der Waals surface area contributed by atoms with Crippen molar-refractivity contribution in [3.63, 3.8) is 0 Å². The molecule has 2 amide bonds. The van der Waals surface area contributed by atoms with E-state index in [0.29, 0.717) is 38.4 Å². The largest absolute Gasteiger partial charge is 0.395 e. The summed E-state index contributed by atoms with van der Waals surface area (Å²) in [6.07, 6.45) is 0. The monoisotopic (exact) mass is 320 g/mol. The number of hydrogen-bond acceptors (Lipinski definition) is 5. The summed E-state index contributed by atoms with van der Waals surface area (Å²) in [5.41, 5.74) is 1.56. The van der Waals surface area contributed by atoms with Gasteiger partial charge in [-0.2, -0.15) is 0 Å². The van der Waals surface area contributed by atoms with E-state index in [4.69, 9.17) is 5.11 Å². The molecule has 1 fully saturated rings. The van der Waals surface area contributed by atoms with Crippen LogP contribution in [0.1, 0.15) is 0 Å². The molecular formula is C16H24N4O3. The Kier molecular flexibility index (Phi) is 5.95. The third-order valence-corrected chi connectivity index (χ3v) is 3.89. The first kappa shape index (κ1) is 17.2. The minimum absolute atomic E-state index is 0.108. The van der Waals surface area contributed by atoms with Crippen LogP contribution in [0.15, 0.2) is 24.3 Å². The van der Waals surface area contributed by atoms with Crippen molar-refractivity contribution >= 4 is 23.2 Å². The number of amides is 2. The second kappa shape index (κ2) is 7.94. The lowest BCUT2D eigenvalue weighted by Gasteiger charge is -2.33. The Labute approximate surface area is 136 Å². The van der Waals surface area contributed by atoms with Gasteiger partial charge < -0.3 is 20.2 Å². The maximum absolute atomic E-state index is 12.2. The molecule has 0 aliphatic carbocycles. The van der Waals surface area contributed by atoms with Crippen molar-refractivity contribution in [1.82, 2.24) is 9.80 Å². The van der Waals surface area contributed by atoms with Crippen LogP contribution < -0.4 is 10.2 Å². The zero-order valence-electron chi connectivity index (χ0n) is 13.7. The second-order valence-electron chi connectivity index (χ2n) is 5.76. The molecule has 1 heterocycles. The molecule has 126 valence electrons. The Morgan fingerprint density at radius 2 is 1.91 bits per heavy atom. The van der Waals surface area contributed by atoms with Crippen molar-refractivity contribution in [2.75, 3.05) is 63.6 Å². The van der Waals surface area contributed by atoms with E-state index in [9.17, 15) is 9.59 Å². The van der Waals surface area contributed by atoms with Gasteiger partial charge in [0, 0.05) is 58.2 Å². The van der Waals surface area contributed by atoms with Crippen LogP contribution in [0.3, 0.4) is 0 Å². The number of carbonyl (C=O) groups is 2. The second-order valence-corrected chi connectivity index (χ2v) is 5.76. The van der Waals surface area contributed by atoms with E-state index in [2.05, 4.69) is 10.2 Å². The number of benzene rings is 1. The lowest BCUT2D eigenvalue weighted by atomic mass is 10.2. The zero-order chi connectivity index (χ0) is 16.8. The third-order valence-electron chi connectivity index (χ3n) is 3.89. The fourth-order valence-corrected chi connectivity index (χ4v) is 2.51. The number of β-amino-alcohol motifs (C(OH)–C–C–N with tert-alkyl or cyclic N) is 1. The first-order valence-corrected chi connectivity index (χ1v) is 7.72. The van der Waals surface area contributed by atoms with Gasteiger partial charge in [-0.05, 0) is 18.2 Å². The van der Waals surface area contributed by atoms with Gasteiger partial charge in [0.25, 0.3) is 0 Å². The highest BCUT2D eigenvalue weighted by molar-refractivity contribution is 6.39. The van der Waals surface area contributed by atoms with Gasteiger partial charge in [0.05, 0.1) is 6.61 Å². The summed E-state index contributed by atoms with van der Waals surface area (Å²) in [4.78, 5) is 29.9. The van der Waals surface area contributed by atoms with Gasteiger partial charge in [0.2, 0.25) is 0 Å². The molecule has 7 nitrogen and oxygen atoms in total. The van der Waals surface area contributed by atoms with Gasteiger partial charge in [-0.1, -0.05) is 6.07 Å². The molecule has 1 aliphatic heterocycles. The van der Waals surface area contributed by atoms with E-state index in [1.807, 2.05) is 37.2 Å². The van der Waals surface area contributed by atoms with E-state index in [1.54, 1.807) is 11.0 Å². The van der Waals surface area contributed by atoms with Gasteiger partial charge in [0.1, 0.15) is 0 Å². The molecule has 0 unspecified atom stereocenters. The predicted molar refractivity (Wildman–Crippen MR) is 89.5 cm³/mol. The lowest BCUT2D eigenvalue weighted by Crippen LogP contribution is -2.52. The van der Waals surface area contributed by atoms with E-state index >= 15 is 0 Å². The molecule has 2 rings (SSSR count). The molecule has 0 bridgehead atoms. The van der Waals surface area contributed by atoms with Gasteiger partial charge in [-0.3, -0.25) is 14.5 Å². The fourth-order valence-electron chi connectivity index (χ4n) is 2.51. The average Bonchev–Trinajstić information content (AvgIpc) is 2.55. The first-order chi connectivity index (χ1) is 11.0. The summed E-state index contributed by atoms with van der Waals surface area (Å²) in [7, 11) is 3.83. The minimum atomic E-state index is -0.614. The van der Waals surface area contributed by atoms with Crippen molar-refractivity contribution in [1.29, 1.82) is 0 Å². The standard InChI is InChI=1S/C16H24N4O3/c1-18(2)14-5-3-4-13(12-14)17-15(22)16(23)20-8-6-19(7-9-20)10-11-21/h3-5,12,21H,6-11H2,1-2H3,(H,17,22). The molecule has 1 aromatic carbocycles. The summed E-state index contributed by atoms with van der Waals surface area (Å²) in [5, 5.41) is 11.6. The molecule has 0 aromatic heterocycles. The number of piperazine rings is 1. The van der Waals surface area contributed by atoms with Crippen molar-refractivity contribution in [2.45, 2.75) is 0 Å². The SMILES string of the molecule is CN(C)c1cccc(NC(=O)C(=O)N2CCN(CCO)CC2)c1. The van der Waals surface area contributed by atoms with Crippen molar-refractivity contribution in [2.24, 2.45) is 0 Å². The number of nitrogens with zero attached hydrogens (tertiary/aromatic N) is 3. The summed E-state index contributed by atoms with van der Waals surface area (Å²) in [6.45, 7) is 3.07. The topological polar surface area (TPSA) is 76.1 Å². The van der Waals surface area contributed by atoms with Crippen molar-refractivity contribution < 1.29 is 14.7 Å². The third kappa shape index (κ3) is 4.67. The van der Waals surface area contributed by atoms with Crippen LogP contribution in [0.2, 0.25) is 0 Å². The highest BCUT2D eigenvalue weighted by Gasteiger charge is 2.25. The number of anilines is 2. The maximum Gasteiger partial charge on any atom is 0.313 e. The summed E-state index contributed by atoms with van der Waals surface area (Å²) < 4.78 is 0. The fraction of sp³-hybridized carbons (Fsp3) is 0.500. The van der Waals surface area contributed by atoms with Gasteiger partial charge in [-0.15, -0.1) is 0 Å². The molecule has 2 N–H and O–H groups in total. The van der Waals surface area contributed by atoms with Crippen LogP contribution in [0, 0.1) is 0 Å². The quantitative estimate of drug-likeness (QED) is 0.753. The number of aliphatic hydroxyl groups is 1. The lowest BCUT2D eigenvalue weighted by molar-refractivity contribution is -0.144. The van der Waals surface area contributed by atoms with E-state index < -0.39 is 11.8 Å². The molecule has 1 saturated heterocycles. The normalized spacial score (nSPS) is 15.3. The van der Waals surface area contributed by atoms with Crippen molar-refractivity contribution in [3.05, 3.63) is 24.3 Å². The summed E-state index contributed by atoms with van der Waals surface area (Å²) >= 11 is 0. The summed E-state index contributed by atoms with van der Waals surface area (Å²) in [6, 6.07) is 7.35. The molecule has 7 heteroatoms. The van der Waals surface area contributed by atoms with Crippen LogP contribution in [0.5, 0.6) is 0 Å². The molecule has 0 spiro atoms. The van der Waals surface area contributed by atoms with E-state index in [1.165, 1.54) is 0 Å². The Bertz CT molecular complexity index is 554. The maximum atomic E-state index is 12.2. The zero-order valence-corrected chi connectivity index (χ0v) is 13.7. The van der Waals surface area contributed by atoms with Crippen LogP contribution in [0.25, 0.3) is 0 Å². The van der Waals surface area contributed by atoms with E-state index in [0.717, 1.165) is 5.69 Å². The molecule has 0 radical (unpaired) electrons. The van der Waals surface area contributed by atoms with Gasteiger partial charge >= 0.3 is 11.8 Å². The number of carbonyl (C=O) groups excluding carboxylic acids is 2. The molecule has 0 saturated carbocycles. The summed E-state index contributed by atoms with van der Waals surface area (Å²) in [5.74, 6) is -1.12. The van der Waals surface area contributed by atoms with Crippen LogP contribution in [0.4, 0.5) is 11.4 Å². The Hall–Kier alpha value is -2.12. The number of hydrogen-bond donors (Lipinski definition) is 2. The number of aliphatic hydroxyl groups excluding tert-OH is 1. The highest BCUT2D eigenvalue weighted by Crippen LogP contribution is 2.17. The Morgan fingerprint density at radius 3 is 2.52 bits per heavy atom. The smallest absolute Gasteiger partial charge is 0.313 e. The first-order valence-electron chi connectivity index (χ1n) is 7.72.